The molecule has 3 aromatic rings. The summed E-state index contributed by atoms with van der Waals surface area (Å²) >= 11 is 5.71. The highest BCUT2D eigenvalue weighted by molar-refractivity contribution is 6.30. The molecule has 9 heteroatoms. The van der Waals surface area contributed by atoms with Gasteiger partial charge in [-0.05, 0) is 17.7 Å². The Morgan fingerprint density at radius 2 is 1.72 bits per heavy atom. The van der Waals surface area contributed by atoms with Crippen LogP contribution in [-0.2, 0) is 6.54 Å². The molecule has 2 N–H and O–H groups in total. The second-order valence-electron chi connectivity index (χ2n) is 4.91. The van der Waals surface area contributed by atoms with Crippen LogP contribution in [0.1, 0.15) is 16.1 Å². The molecular weight excluding hydrogens is 347 g/mol. The lowest BCUT2D eigenvalue weighted by molar-refractivity contribution is 0.102. The number of hydrogen-bond donors (Lipinski definition) is 2. The molecule has 0 spiro atoms. The van der Waals surface area contributed by atoms with Crippen LogP contribution in [0.4, 0.5) is 16.2 Å². The average molecular weight is 359 g/mol. The van der Waals surface area contributed by atoms with Gasteiger partial charge in [0.15, 0.2) is 11.5 Å². The Bertz CT molecular complexity index is 873. The number of nitrogens with zero attached hydrogens (tertiary/aromatic N) is 4. The summed E-state index contributed by atoms with van der Waals surface area (Å²) in [6, 6.07) is 6.00. The fourth-order valence-corrected chi connectivity index (χ4v) is 2.06. The molecule has 0 saturated heterocycles. The van der Waals surface area contributed by atoms with Crippen LogP contribution < -0.4 is 10.6 Å². The first kappa shape index (κ1) is 16.7. The topological polar surface area (TPSA) is 92.7 Å². The van der Waals surface area contributed by atoms with Crippen molar-refractivity contribution >= 4 is 29.3 Å². The van der Waals surface area contributed by atoms with Gasteiger partial charge in [-0.1, -0.05) is 23.7 Å². The molecule has 2 aromatic heterocycles. The van der Waals surface area contributed by atoms with Gasteiger partial charge in [0.25, 0.3) is 5.91 Å². The molecule has 126 valence electrons. The van der Waals surface area contributed by atoms with Gasteiger partial charge in [-0.3, -0.25) is 10.1 Å². The maximum Gasteiger partial charge on any atom is 0.280 e. The number of carbonyl (C=O) groups is 1. The zero-order chi connectivity index (χ0) is 17.6. The summed E-state index contributed by atoms with van der Waals surface area (Å²) in [4.78, 5) is 28.3. The highest BCUT2D eigenvalue weighted by atomic mass is 35.5. The maximum atomic E-state index is 12.9. The van der Waals surface area contributed by atoms with Gasteiger partial charge in [0.05, 0.1) is 17.4 Å². The second kappa shape index (κ2) is 7.63. The summed E-state index contributed by atoms with van der Waals surface area (Å²) < 4.78 is 12.9. The lowest BCUT2D eigenvalue weighted by atomic mass is 10.2. The van der Waals surface area contributed by atoms with Crippen molar-refractivity contribution in [3.05, 3.63) is 71.2 Å². The van der Waals surface area contributed by atoms with E-state index in [1.165, 1.54) is 36.9 Å². The van der Waals surface area contributed by atoms with Gasteiger partial charge in [-0.15, -0.1) is 0 Å². The molecule has 0 aliphatic heterocycles. The number of amides is 1. The zero-order valence-corrected chi connectivity index (χ0v) is 13.5. The Labute approximate surface area is 147 Å². The molecule has 1 amide bonds. The number of anilines is 2. The number of nitrogens with one attached hydrogen (secondary N) is 2. The first-order chi connectivity index (χ1) is 12.1. The monoisotopic (exact) mass is 358 g/mol. The lowest BCUT2D eigenvalue weighted by Crippen LogP contribution is -2.18. The van der Waals surface area contributed by atoms with Crippen LogP contribution in [-0.4, -0.2) is 25.8 Å². The van der Waals surface area contributed by atoms with Crippen LogP contribution in [0.5, 0.6) is 0 Å². The van der Waals surface area contributed by atoms with E-state index in [1.54, 1.807) is 12.1 Å². The van der Waals surface area contributed by atoms with Crippen molar-refractivity contribution in [3.63, 3.8) is 0 Å². The third kappa shape index (κ3) is 4.45. The normalized spacial score (nSPS) is 10.3. The SMILES string of the molecule is O=C(Nc1ncc(Cl)cn1)c1nccnc1NCc1ccc(F)cc1. The van der Waals surface area contributed by atoms with Gasteiger partial charge in [0.2, 0.25) is 5.95 Å². The van der Waals surface area contributed by atoms with Crippen LogP contribution in [0.3, 0.4) is 0 Å². The molecule has 0 atom stereocenters. The van der Waals surface area contributed by atoms with Gasteiger partial charge in [0.1, 0.15) is 5.82 Å². The average Bonchev–Trinajstić information content (AvgIpc) is 2.63. The number of rotatable bonds is 5. The van der Waals surface area contributed by atoms with Gasteiger partial charge in [-0.25, -0.2) is 24.3 Å². The maximum absolute atomic E-state index is 12.9. The molecule has 0 aliphatic carbocycles. The van der Waals surface area contributed by atoms with E-state index in [4.69, 9.17) is 11.6 Å². The van der Waals surface area contributed by atoms with Gasteiger partial charge in [-0.2, -0.15) is 0 Å². The smallest absolute Gasteiger partial charge is 0.280 e. The van der Waals surface area contributed by atoms with E-state index in [-0.39, 0.29) is 17.5 Å². The van der Waals surface area contributed by atoms with Crippen molar-refractivity contribution in [1.29, 1.82) is 0 Å². The minimum absolute atomic E-state index is 0.0863. The van der Waals surface area contributed by atoms with Crippen LogP contribution >= 0.6 is 11.6 Å². The molecule has 25 heavy (non-hydrogen) atoms. The standard InChI is InChI=1S/C16H12ClFN6O/c17-11-8-22-16(23-9-11)24-15(25)13-14(20-6-5-19-13)21-7-10-1-3-12(18)4-2-10/h1-6,8-9H,7H2,(H,20,21)(H,22,23,24,25). The van der Waals surface area contributed by atoms with E-state index >= 15 is 0 Å². The van der Waals surface area contributed by atoms with Gasteiger partial charge >= 0.3 is 0 Å². The molecule has 7 nitrogen and oxygen atoms in total. The van der Waals surface area contributed by atoms with Gasteiger partial charge < -0.3 is 5.32 Å². The number of hydrogen-bond acceptors (Lipinski definition) is 6. The summed E-state index contributed by atoms with van der Waals surface area (Å²) in [5, 5.41) is 5.89. The van der Waals surface area contributed by atoms with Crippen molar-refractivity contribution in [2.45, 2.75) is 6.54 Å². The van der Waals surface area contributed by atoms with E-state index in [0.717, 1.165) is 5.56 Å². The zero-order valence-electron chi connectivity index (χ0n) is 12.8. The number of benzene rings is 1. The van der Waals surface area contributed by atoms with E-state index in [0.29, 0.717) is 17.4 Å². The van der Waals surface area contributed by atoms with E-state index in [1.807, 2.05) is 0 Å². The van der Waals surface area contributed by atoms with E-state index in [2.05, 4.69) is 30.6 Å². The summed E-state index contributed by atoms with van der Waals surface area (Å²) in [6.07, 6.45) is 5.60. The minimum Gasteiger partial charge on any atom is -0.364 e. The first-order valence-corrected chi connectivity index (χ1v) is 7.58. The van der Waals surface area contributed by atoms with Crippen molar-refractivity contribution in [2.24, 2.45) is 0 Å². The first-order valence-electron chi connectivity index (χ1n) is 7.20. The highest BCUT2D eigenvalue weighted by Crippen LogP contribution is 2.13. The van der Waals surface area contributed by atoms with E-state index < -0.39 is 5.91 Å². The van der Waals surface area contributed by atoms with Crippen molar-refractivity contribution in [2.75, 3.05) is 10.6 Å². The van der Waals surface area contributed by atoms with Crippen LogP contribution in [0.25, 0.3) is 0 Å². The number of carbonyl (C=O) groups excluding carboxylic acids is 1. The molecule has 1 aromatic carbocycles. The molecule has 0 aliphatic rings. The molecule has 0 radical (unpaired) electrons. The molecule has 0 fully saturated rings. The Hall–Kier alpha value is -3.13. The number of halogens is 2. The van der Waals surface area contributed by atoms with Crippen LogP contribution in [0, 0.1) is 5.82 Å². The van der Waals surface area contributed by atoms with Crippen LogP contribution in [0.15, 0.2) is 49.1 Å². The molecule has 0 unspecified atom stereocenters. The summed E-state index contributed by atoms with van der Waals surface area (Å²) in [5.41, 5.74) is 0.919. The Morgan fingerprint density at radius 1 is 1.04 bits per heavy atom. The number of aromatic nitrogens is 4. The van der Waals surface area contributed by atoms with Gasteiger partial charge in [0, 0.05) is 18.9 Å². The molecule has 0 saturated carbocycles. The third-order valence-corrected chi connectivity index (χ3v) is 3.33. The fraction of sp³-hybridized carbons (Fsp3) is 0.0625. The largest absolute Gasteiger partial charge is 0.364 e. The Morgan fingerprint density at radius 3 is 2.44 bits per heavy atom. The van der Waals surface area contributed by atoms with E-state index in [9.17, 15) is 9.18 Å². The molecule has 2 heterocycles. The highest BCUT2D eigenvalue weighted by Gasteiger charge is 2.15. The van der Waals surface area contributed by atoms with Crippen molar-refractivity contribution in [1.82, 2.24) is 19.9 Å². The molecule has 3 rings (SSSR count). The molecule has 0 bridgehead atoms. The van der Waals surface area contributed by atoms with Crippen molar-refractivity contribution < 1.29 is 9.18 Å². The second-order valence-corrected chi connectivity index (χ2v) is 5.35. The summed E-state index contributed by atoms with van der Waals surface area (Å²) in [6.45, 7) is 0.358. The lowest BCUT2D eigenvalue weighted by Gasteiger charge is -2.10. The van der Waals surface area contributed by atoms with Crippen molar-refractivity contribution in [3.8, 4) is 0 Å². The Balaban J connectivity index is 1.72. The third-order valence-electron chi connectivity index (χ3n) is 3.13. The predicted octanol–water partition coefficient (Wildman–Crippen LogP) is 2.92. The Kier molecular flexibility index (Phi) is 5.10. The summed E-state index contributed by atoms with van der Waals surface area (Å²) in [7, 11) is 0. The quantitative estimate of drug-likeness (QED) is 0.728. The molecular formula is C16H12ClFN6O. The fourth-order valence-electron chi connectivity index (χ4n) is 1.96. The predicted molar refractivity (Wildman–Crippen MR) is 90.8 cm³/mol. The summed E-state index contributed by atoms with van der Waals surface area (Å²) in [5.74, 6) is -0.439. The minimum atomic E-state index is -0.517. The van der Waals surface area contributed by atoms with Crippen LogP contribution in [0.2, 0.25) is 5.02 Å².